The molecule has 0 aliphatic heterocycles. The molecule has 27 heavy (non-hydrogen) atoms. The summed E-state index contributed by atoms with van der Waals surface area (Å²) in [5.74, 6) is 0.785. The fraction of sp³-hybridized carbons (Fsp3) is 0.235. The van der Waals surface area contributed by atoms with Crippen molar-refractivity contribution in [3.05, 3.63) is 52.2 Å². The van der Waals surface area contributed by atoms with Crippen LogP contribution < -0.4 is 4.74 Å². The zero-order chi connectivity index (χ0) is 19.8. The molecule has 5 nitrogen and oxygen atoms in total. The number of alkyl halides is 3. The number of hydrogen-bond acceptors (Lipinski definition) is 5. The van der Waals surface area contributed by atoms with Crippen molar-refractivity contribution in [1.29, 1.82) is 0 Å². The number of halogens is 4. The molecule has 0 unspecified atom stereocenters. The van der Waals surface area contributed by atoms with Gasteiger partial charge in [0.2, 0.25) is 0 Å². The van der Waals surface area contributed by atoms with E-state index in [1.54, 1.807) is 18.2 Å². The van der Waals surface area contributed by atoms with Gasteiger partial charge >= 0.3 is 6.18 Å². The number of hydrogen-bond donors (Lipinski definition) is 0. The molecule has 0 spiro atoms. The van der Waals surface area contributed by atoms with E-state index >= 15 is 0 Å². The van der Waals surface area contributed by atoms with Crippen molar-refractivity contribution in [3.8, 4) is 5.75 Å². The smallest absolute Gasteiger partial charge is 0.417 e. The van der Waals surface area contributed by atoms with Gasteiger partial charge in [-0.15, -0.1) is 10.2 Å². The molecule has 142 valence electrons. The standard InChI is InChI=1S/C17H13ClF3N3O2S/c1-9(25)10-3-4-14(26-2)11(5-10)8-27-16-23-22-15-13(18)6-12(7-24(15)16)17(19,20)21/h3-7H,8H2,1-2H3. The lowest BCUT2D eigenvalue weighted by molar-refractivity contribution is -0.137. The number of ketones is 1. The number of rotatable bonds is 5. The Hall–Kier alpha value is -2.26. The van der Waals surface area contributed by atoms with E-state index in [2.05, 4.69) is 10.2 Å². The summed E-state index contributed by atoms with van der Waals surface area (Å²) in [4.78, 5) is 11.6. The van der Waals surface area contributed by atoms with Crippen molar-refractivity contribution in [2.45, 2.75) is 24.0 Å². The van der Waals surface area contributed by atoms with Crippen LogP contribution in [0.4, 0.5) is 13.2 Å². The van der Waals surface area contributed by atoms with Crippen LogP contribution in [0.3, 0.4) is 0 Å². The van der Waals surface area contributed by atoms with Crippen molar-refractivity contribution in [1.82, 2.24) is 14.6 Å². The molecule has 0 saturated carbocycles. The van der Waals surface area contributed by atoms with Gasteiger partial charge in [0.1, 0.15) is 5.75 Å². The molecule has 0 amide bonds. The summed E-state index contributed by atoms with van der Waals surface area (Å²) in [5.41, 5.74) is 0.472. The van der Waals surface area contributed by atoms with E-state index in [0.29, 0.717) is 22.6 Å². The minimum absolute atomic E-state index is 0.0987. The number of Topliss-reactive ketones (excluding diaryl/α,β-unsaturated/α-hetero) is 1. The molecule has 0 saturated heterocycles. The Balaban J connectivity index is 1.95. The van der Waals surface area contributed by atoms with Crippen molar-refractivity contribution >= 4 is 34.8 Å². The van der Waals surface area contributed by atoms with Crippen LogP contribution in [0.1, 0.15) is 28.4 Å². The Kier molecular flexibility index (Phi) is 5.34. The van der Waals surface area contributed by atoms with Gasteiger partial charge in [-0.3, -0.25) is 9.20 Å². The number of aromatic nitrogens is 3. The molecular weight excluding hydrogens is 403 g/mol. The van der Waals surface area contributed by atoms with Gasteiger partial charge < -0.3 is 4.74 Å². The van der Waals surface area contributed by atoms with E-state index in [-0.39, 0.29) is 21.6 Å². The Morgan fingerprint density at radius 1 is 1.30 bits per heavy atom. The van der Waals surface area contributed by atoms with Gasteiger partial charge in [-0.1, -0.05) is 23.4 Å². The average Bonchev–Trinajstić information content (AvgIpc) is 3.02. The molecule has 3 rings (SSSR count). The second-order valence-electron chi connectivity index (χ2n) is 5.62. The fourth-order valence-electron chi connectivity index (χ4n) is 2.44. The van der Waals surface area contributed by atoms with E-state index in [4.69, 9.17) is 16.3 Å². The number of pyridine rings is 1. The van der Waals surface area contributed by atoms with Crippen LogP contribution in [0, 0.1) is 0 Å². The van der Waals surface area contributed by atoms with E-state index in [1.807, 2.05) is 0 Å². The van der Waals surface area contributed by atoms with Crippen LogP contribution in [-0.2, 0) is 11.9 Å². The third-order valence-corrected chi connectivity index (χ3v) is 5.07. The van der Waals surface area contributed by atoms with Crippen LogP contribution >= 0.6 is 23.4 Å². The number of ether oxygens (including phenoxy) is 1. The second-order valence-corrected chi connectivity index (χ2v) is 6.97. The lowest BCUT2D eigenvalue weighted by atomic mass is 10.1. The molecule has 0 N–H and O–H groups in total. The van der Waals surface area contributed by atoms with Crippen molar-refractivity contribution < 1.29 is 22.7 Å². The molecule has 0 radical (unpaired) electrons. The number of carbonyl (C=O) groups excluding carboxylic acids is 1. The zero-order valence-electron chi connectivity index (χ0n) is 14.2. The summed E-state index contributed by atoms with van der Waals surface area (Å²) >= 11 is 7.07. The average molecular weight is 416 g/mol. The summed E-state index contributed by atoms with van der Waals surface area (Å²) in [6.07, 6.45) is -3.63. The Bertz CT molecular complexity index is 1020. The molecule has 10 heteroatoms. The molecule has 0 aliphatic carbocycles. The molecule has 2 aromatic heterocycles. The summed E-state index contributed by atoms with van der Waals surface area (Å²) in [6, 6.07) is 5.83. The molecule has 2 heterocycles. The first-order chi connectivity index (χ1) is 12.7. The van der Waals surface area contributed by atoms with Gasteiger partial charge in [0.05, 0.1) is 17.7 Å². The lowest BCUT2D eigenvalue weighted by Gasteiger charge is -2.10. The Morgan fingerprint density at radius 2 is 2.04 bits per heavy atom. The molecule has 0 bridgehead atoms. The van der Waals surface area contributed by atoms with Gasteiger partial charge in [0, 0.05) is 23.1 Å². The minimum Gasteiger partial charge on any atom is -0.496 e. The van der Waals surface area contributed by atoms with E-state index in [0.717, 1.165) is 24.0 Å². The maximum absolute atomic E-state index is 13.0. The lowest BCUT2D eigenvalue weighted by Crippen LogP contribution is -2.07. The summed E-state index contributed by atoms with van der Waals surface area (Å²) in [5, 5.41) is 7.88. The number of nitrogens with zero attached hydrogens (tertiary/aromatic N) is 3. The van der Waals surface area contributed by atoms with Crippen LogP contribution in [0.25, 0.3) is 5.65 Å². The minimum atomic E-state index is -4.54. The SMILES string of the molecule is COc1ccc(C(C)=O)cc1CSc1nnc2c(Cl)cc(C(F)(F)F)cn12. The van der Waals surface area contributed by atoms with Gasteiger partial charge in [0.25, 0.3) is 0 Å². The third-order valence-electron chi connectivity index (χ3n) is 3.80. The topological polar surface area (TPSA) is 56.5 Å². The number of carbonyl (C=O) groups is 1. The monoisotopic (exact) mass is 415 g/mol. The van der Waals surface area contributed by atoms with Crippen molar-refractivity contribution in [2.24, 2.45) is 0 Å². The van der Waals surface area contributed by atoms with E-state index in [1.165, 1.54) is 18.4 Å². The molecule has 0 fully saturated rings. The number of fused-ring (bicyclic) bond motifs is 1. The second kappa shape index (κ2) is 7.40. The first-order valence-corrected chi connectivity index (χ1v) is 8.99. The molecule has 0 atom stereocenters. The van der Waals surface area contributed by atoms with Crippen molar-refractivity contribution in [3.63, 3.8) is 0 Å². The number of thioether (sulfide) groups is 1. The zero-order valence-corrected chi connectivity index (χ0v) is 15.7. The van der Waals surface area contributed by atoms with Gasteiger partial charge in [-0.25, -0.2) is 0 Å². The van der Waals surface area contributed by atoms with E-state index in [9.17, 15) is 18.0 Å². The van der Waals surface area contributed by atoms with Crippen LogP contribution in [0.15, 0.2) is 35.6 Å². The first kappa shape index (κ1) is 19.5. The quantitative estimate of drug-likeness (QED) is 0.438. The van der Waals surface area contributed by atoms with Crippen LogP contribution in [-0.4, -0.2) is 27.5 Å². The Morgan fingerprint density at radius 3 is 2.67 bits per heavy atom. The fourth-order valence-corrected chi connectivity index (χ4v) is 3.57. The number of methoxy groups -OCH3 is 1. The summed E-state index contributed by atoms with van der Waals surface area (Å²) in [6.45, 7) is 1.45. The highest BCUT2D eigenvalue weighted by Gasteiger charge is 2.32. The van der Waals surface area contributed by atoms with Gasteiger partial charge in [-0.2, -0.15) is 13.2 Å². The van der Waals surface area contributed by atoms with Crippen molar-refractivity contribution in [2.75, 3.05) is 7.11 Å². The predicted molar refractivity (Wildman–Crippen MR) is 95.6 cm³/mol. The first-order valence-electron chi connectivity index (χ1n) is 7.63. The molecule has 3 aromatic rings. The maximum Gasteiger partial charge on any atom is 0.417 e. The summed E-state index contributed by atoms with van der Waals surface area (Å²) < 4.78 is 45.6. The predicted octanol–water partition coefficient (Wildman–Crippen LogP) is 4.91. The van der Waals surface area contributed by atoms with Crippen LogP contribution in [0.5, 0.6) is 5.75 Å². The normalized spacial score (nSPS) is 11.8. The molecule has 1 aromatic carbocycles. The summed E-state index contributed by atoms with van der Waals surface area (Å²) in [7, 11) is 1.50. The number of benzene rings is 1. The highest BCUT2D eigenvalue weighted by atomic mass is 35.5. The van der Waals surface area contributed by atoms with Gasteiger partial charge in [0.15, 0.2) is 16.6 Å². The van der Waals surface area contributed by atoms with Gasteiger partial charge in [-0.05, 0) is 31.2 Å². The Labute approximate surface area is 161 Å². The molecular formula is C17H13ClF3N3O2S. The highest BCUT2D eigenvalue weighted by molar-refractivity contribution is 7.98. The largest absolute Gasteiger partial charge is 0.496 e. The molecule has 0 aliphatic rings. The highest BCUT2D eigenvalue weighted by Crippen LogP contribution is 2.34. The van der Waals surface area contributed by atoms with E-state index < -0.39 is 11.7 Å². The maximum atomic E-state index is 13.0. The van der Waals surface area contributed by atoms with Crippen LogP contribution in [0.2, 0.25) is 5.02 Å². The third kappa shape index (κ3) is 4.03.